The maximum absolute atomic E-state index is 2.46. The molecule has 3 rings (SSSR count). The molecule has 1 aromatic heterocycles. The quantitative estimate of drug-likeness (QED) is 0.327. The third kappa shape index (κ3) is 5.97. The molecule has 0 saturated heterocycles. The van der Waals surface area contributed by atoms with Crippen molar-refractivity contribution in [1.82, 2.24) is 4.57 Å². The van der Waals surface area contributed by atoms with E-state index in [1.165, 1.54) is 27.6 Å². The van der Waals surface area contributed by atoms with E-state index in [-0.39, 0.29) is 0 Å². The van der Waals surface area contributed by atoms with Crippen LogP contribution >= 0.6 is 0 Å². The monoisotopic (exact) mass is 385 g/mol. The smallest absolute Gasteiger partial charge is 0.0483 e. The van der Waals surface area contributed by atoms with Crippen LogP contribution in [-0.2, 0) is 6.54 Å². The van der Waals surface area contributed by atoms with E-state index in [0.29, 0.717) is 11.8 Å². The Morgan fingerprint density at radius 2 is 1.59 bits per heavy atom. The molecule has 0 bridgehead atoms. The summed E-state index contributed by atoms with van der Waals surface area (Å²) in [6.07, 6.45) is 10.5. The first kappa shape index (κ1) is 21.2. The Morgan fingerprint density at radius 3 is 2.34 bits per heavy atom. The molecule has 0 radical (unpaired) electrons. The Labute approximate surface area is 176 Å². The van der Waals surface area contributed by atoms with E-state index in [0.717, 1.165) is 25.8 Å². The second-order valence-corrected chi connectivity index (χ2v) is 8.64. The van der Waals surface area contributed by atoms with Gasteiger partial charge in [0.1, 0.15) is 0 Å². The van der Waals surface area contributed by atoms with Crippen LogP contribution < -0.4 is 0 Å². The van der Waals surface area contributed by atoms with Crippen molar-refractivity contribution < 1.29 is 0 Å². The van der Waals surface area contributed by atoms with E-state index in [1.54, 1.807) is 0 Å². The maximum Gasteiger partial charge on any atom is 0.0483 e. The standard InChI is InChI=1S/C28H35N/c1-22(2)27(25-13-6-5-7-14-25)18-17-23(3)11-10-12-24(4)21-29-20-19-26-15-8-9-16-28(26)29/h5-9,12-17,19-20,22,27H,10-11,18,21H2,1-4H3. The molecule has 1 nitrogen and oxygen atoms in total. The van der Waals surface area contributed by atoms with E-state index in [9.17, 15) is 0 Å². The highest BCUT2D eigenvalue weighted by molar-refractivity contribution is 5.79. The molecule has 0 N–H and O–H groups in total. The summed E-state index contributed by atoms with van der Waals surface area (Å²) in [5.74, 6) is 1.26. The van der Waals surface area contributed by atoms with Gasteiger partial charge in [0.2, 0.25) is 0 Å². The van der Waals surface area contributed by atoms with Crippen molar-refractivity contribution >= 4 is 10.9 Å². The lowest BCUT2D eigenvalue weighted by Gasteiger charge is -2.20. The first-order chi connectivity index (χ1) is 14.0. The molecule has 0 aliphatic heterocycles. The van der Waals surface area contributed by atoms with Crippen molar-refractivity contribution in [1.29, 1.82) is 0 Å². The van der Waals surface area contributed by atoms with Crippen LogP contribution in [0.4, 0.5) is 0 Å². The lowest BCUT2D eigenvalue weighted by atomic mass is 9.85. The van der Waals surface area contributed by atoms with E-state index >= 15 is 0 Å². The molecular formula is C28H35N. The number of aromatic nitrogens is 1. The second-order valence-electron chi connectivity index (χ2n) is 8.64. The predicted octanol–water partition coefficient (Wildman–Crippen LogP) is 8.14. The zero-order chi connectivity index (χ0) is 20.6. The summed E-state index contributed by atoms with van der Waals surface area (Å²) in [5.41, 5.74) is 5.71. The summed E-state index contributed by atoms with van der Waals surface area (Å²) in [6.45, 7) is 10.2. The molecule has 152 valence electrons. The third-order valence-electron chi connectivity index (χ3n) is 5.88. The molecule has 1 atom stereocenters. The number of hydrogen-bond donors (Lipinski definition) is 0. The van der Waals surface area contributed by atoms with Crippen molar-refractivity contribution in [3.63, 3.8) is 0 Å². The highest BCUT2D eigenvalue weighted by Crippen LogP contribution is 2.29. The number of nitrogens with zero attached hydrogens (tertiary/aromatic N) is 1. The average molecular weight is 386 g/mol. The van der Waals surface area contributed by atoms with E-state index in [4.69, 9.17) is 0 Å². The van der Waals surface area contributed by atoms with Crippen molar-refractivity contribution in [2.75, 3.05) is 0 Å². The van der Waals surface area contributed by atoms with Gasteiger partial charge in [0.25, 0.3) is 0 Å². The number of allylic oxidation sites excluding steroid dienone is 4. The topological polar surface area (TPSA) is 4.93 Å². The zero-order valence-corrected chi connectivity index (χ0v) is 18.4. The minimum absolute atomic E-state index is 0.602. The molecule has 1 heteroatoms. The summed E-state index contributed by atoms with van der Waals surface area (Å²) in [7, 11) is 0. The third-order valence-corrected chi connectivity index (χ3v) is 5.88. The molecule has 29 heavy (non-hydrogen) atoms. The lowest BCUT2D eigenvalue weighted by molar-refractivity contribution is 0.501. The van der Waals surface area contributed by atoms with Crippen LogP contribution in [0.2, 0.25) is 0 Å². The highest BCUT2D eigenvalue weighted by atomic mass is 14.9. The number of hydrogen-bond acceptors (Lipinski definition) is 0. The predicted molar refractivity (Wildman–Crippen MR) is 127 cm³/mol. The first-order valence-corrected chi connectivity index (χ1v) is 10.9. The molecule has 3 aromatic rings. The van der Waals surface area contributed by atoms with E-state index in [2.05, 4.69) is 111 Å². The summed E-state index contributed by atoms with van der Waals surface area (Å²) in [6, 6.07) is 21.8. The van der Waals surface area contributed by atoms with Crippen molar-refractivity contribution in [3.05, 3.63) is 95.7 Å². The van der Waals surface area contributed by atoms with Crippen LogP contribution in [0.25, 0.3) is 10.9 Å². The minimum atomic E-state index is 0.602. The molecule has 1 heterocycles. The number of para-hydroxylation sites is 1. The lowest BCUT2D eigenvalue weighted by Crippen LogP contribution is -2.05. The van der Waals surface area contributed by atoms with Crippen molar-refractivity contribution in [2.45, 2.75) is 59.4 Å². The molecule has 1 unspecified atom stereocenters. The van der Waals surface area contributed by atoms with Gasteiger partial charge < -0.3 is 4.57 Å². The van der Waals surface area contributed by atoms with Crippen molar-refractivity contribution in [3.8, 4) is 0 Å². The van der Waals surface area contributed by atoms with Gasteiger partial charge in [-0.2, -0.15) is 0 Å². The Hall–Kier alpha value is -2.54. The van der Waals surface area contributed by atoms with Gasteiger partial charge in [0, 0.05) is 18.3 Å². The van der Waals surface area contributed by atoms with Gasteiger partial charge in [0.05, 0.1) is 0 Å². The number of fused-ring (bicyclic) bond motifs is 1. The zero-order valence-electron chi connectivity index (χ0n) is 18.4. The van der Waals surface area contributed by atoms with Crippen LogP contribution in [0.15, 0.2) is 90.2 Å². The molecule has 0 aliphatic carbocycles. The maximum atomic E-state index is 2.46. The van der Waals surface area contributed by atoms with Crippen LogP contribution in [0.3, 0.4) is 0 Å². The first-order valence-electron chi connectivity index (χ1n) is 10.9. The van der Waals surface area contributed by atoms with Crippen LogP contribution in [0.5, 0.6) is 0 Å². The van der Waals surface area contributed by atoms with Gasteiger partial charge in [-0.1, -0.05) is 85.7 Å². The Balaban J connectivity index is 1.53. The summed E-state index contributed by atoms with van der Waals surface area (Å²) in [4.78, 5) is 0. The fourth-order valence-corrected chi connectivity index (χ4v) is 4.08. The van der Waals surface area contributed by atoms with Gasteiger partial charge in [-0.05, 0) is 68.0 Å². The molecule has 0 aliphatic rings. The molecule has 0 fully saturated rings. The average Bonchev–Trinajstić information content (AvgIpc) is 3.11. The van der Waals surface area contributed by atoms with Crippen LogP contribution in [0, 0.1) is 5.92 Å². The molecular weight excluding hydrogens is 350 g/mol. The van der Waals surface area contributed by atoms with E-state index < -0.39 is 0 Å². The summed E-state index contributed by atoms with van der Waals surface area (Å²) >= 11 is 0. The van der Waals surface area contributed by atoms with Gasteiger partial charge in [-0.25, -0.2) is 0 Å². The van der Waals surface area contributed by atoms with Gasteiger partial charge in [0.15, 0.2) is 0 Å². The molecule has 2 aromatic carbocycles. The molecule has 0 saturated carbocycles. The normalized spacial score (nSPS) is 14.0. The Morgan fingerprint density at radius 1 is 0.862 bits per heavy atom. The Kier molecular flexibility index (Phi) is 7.52. The molecule has 0 spiro atoms. The van der Waals surface area contributed by atoms with Gasteiger partial charge in [-0.3, -0.25) is 0 Å². The highest BCUT2D eigenvalue weighted by Gasteiger charge is 2.14. The summed E-state index contributed by atoms with van der Waals surface area (Å²) in [5, 5.41) is 1.32. The van der Waals surface area contributed by atoms with Gasteiger partial charge >= 0.3 is 0 Å². The fourth-order valence-electron chi connectivity index (χ4n) is 4.08. The van der Waals surface area contributed by atoms with Crippen LogP contribution in [-0.4, -0.2) is 4.57 Å². The fraction of sp³-hybridized carbons (Fsp3) is 0.357. The number of benzene rings is 2. The van der Waals surface area contributed by atoms with Crippen molar-refractivity contribution in [2.24, 2.45) is 5.92 Å². The second kappa shape index (κ2) is 10.3. The van der Waals surface area contributed by atoms with E-state index in [1.807, 2.05) is 0 Å². The van der Waals surface area contributed by atoms with Crippen LogP contribution in [0.1, 0.15) is 58.4 Å². The summed E-state index contributed by atoms with van der Waals surface area (Å²) < 4.78 is 2.34. The Bertz CT molecular complexity index is 956. The minimum Gasteiger partial charge on any atom is -0.343 e. The van der Waals surface area contributed by atoms with Gasteiger partial charge in [-0.15, -0.1) is 0 Å². The SMILES string of the molecule is CC(=CCC(c1ccccc1)C(C)C)CCC=C(C)Cn1ccc2ccccc21. The molecule has 0 amide bonds. The number of rotatable bonds is 9. The largest absolute Gasteiger partial charge is 0.343 e.